The predicted molar refractivity (Wildman–Crippen MR) is 76.1 cm³/mol. The number of pyridine rings is 1. The minimum Gasteiger partial charge on any atom is -0.305 e. The van der Waals surface area contributed by atoms with Gasteiger partial charge in [0.2, 0.25) is 0 Å². The molecule has 5 nitrogen and oxygen atoms in total. The number of anilines is 1. The zero-order chi connectivity index (χ0) is 15.5. The number of carbonyl (C=O) groups excluding carboxylic acids is 1. The Morgan fingerprint density at radius 2 is 1.77 bits per heavy atom. The maximum absolute atomic E-state index is 13.7. The summed E-state index contributed by atoms with van der Waals surface area (Å²) in [7, 11) is 0. The third kappa shape index (κ3) is 2.69. The molecule has 0 radical (unpaired) electrons. The minimum atomic E-state index is -0.712. The van der Waals surface area contributed by atoms with Crippen molar-refractivity contribution in [2.75, 3.05) is 5.32 Å². The molecule has 2 N–H and O–H groups in total. The van der Waals surface area contributed by atoms with E-state index in [1.165, 1.54) is 24.5 Å². The summed E-state index contributed by atoms with van der Waals surface area (Å²) in [5.41, 5.74) is 0.316. The van der Waals surface area contributed by atoms with Gasteiger partial charge < -0.3 is 5.32 Å². The third-order valence-corrected chi connectivity index (χ3v) is 2.99. The van der Waals surface area contributed by atoms with Crippen LogP contribution in [0.15, 0.2) is 48.8 Å². The summed E-state index contributed by atoms with van der Waals surface area (Å²) >= 11 is 0. The van der Waals surface area contributed by atoms with Gasteiger partial charge in [-0.25, -0.2) is 8.78 Å². The maximum Gasteiger partial charge on any atom is 0.256 e. The van der Waals surface area contributed by atoms with Gasteiger partial charge in [-0.15, -0.1) is 0 Å². The van der Waals surface area contributed by atoms with E-state index in [1.807, 2.05) is 0 Å². The van der Waals surface area contributed by atoms with Crippen molar-refractivity contribution in [2.24, 2.45) is 0 Å². The van der Waals surface area contributed by atoms with E-state index in [0.717, 1.165) is 12.1 Å². The molecule has 0 spiro atoms. The van der Waals surface area contributed by atoms with Crippen LogP contribution >= 0.6 is 0 Å². The summed E-state index contributed by atoms with van der Waals surface area (Å²) in [5.74, 6) is -1.65. The molecule has 2 heterocycles. The minimum absolute atomic E-state index is 0.139. The van der Waals surface area contributed by atoms with Gasteiger partial charge in [-0.2, -0.15) is 5.10 Å². The average Bonchev–Trinajstić information content (AvgIpc) is 2.96. The normalized spacial score (nSPS) is 10.5. The first-order chi connectivity index (χ1) is 10.6. The quantitative estimate of drug-likeness (QED) is 0.781. The molecule has 110 valence electrons. The molecule has 0 unspecified atom stereocenters. The standard InChI is InChI=1S/C15H10F2N4O/c16-10-2-1-3-11(17)14(10)12-8-13(21-20-12)19-15(22)9-4-6-18-7-5-9/h1-8H,(H2,19,20,21,22). The molecule has 0 aliphatic rings. The third-order valence-electron chi connectivity index (χ3n) is 2.99. The molecular weight excluding hydrogens is 290 g/mol. The Morgan fingerprint density at radius 3 is 2.45 bits per heavy atom. The highest BCUT2D eigenvalue weighted by molar-refractivity contribution is 6.03. The smallest absolute Gasteiger partial charge is 0.256 e. The lowest BCUT2D eigenvalue weighted by atomic mass is 10.1. The van der Waals surface area contributed by atoms with E-state index < -0.39 is 17.5 Å². The fourth-order valence-corrected chi connectivity index (χ4v) is 1.96. The van der Waals surface area contributed by atoms with E-state index in [0.29, 0.717) is 5.56 Å². The summed E-state index contributed by atoms with van der Waals surface area (Å²) in [4.78, 5) is 15.8. The van der Waals surface area contributed by atoms with Crippen LogP contribution in [0.5, 0.6) is 0 Å². The number of nitrogens with one attached hydrogen (secondary N) is 2. The lowest BCUT2D eigenvalue weighted by molar-refractivity contribution is 0.102. The van der Waals surface area contributed by atoms with Crippen LogP contribution < -0.4 is 5.32 Å². The van der Waals surface area contributed by atoms with Crippen molar-refractivity contribution in [3.63, 3.8) is 0 Å². The second-order valence-corrected chi connectivity index (χ2v) is 4.45. The van der Waals surface area contributed by atoms with Crippen LogP contribution in [0.4, 0.5) is 14.6 Å². The highest BCUT2D eigenvalue weighted by Gasteiger charge is 2.15. The highest BCUT2D eigenvalue weighted by Crippen LogP contribution is 2.25. The first-order valence-electron chi connectivity index (χ1n) is 6.36. The van der Waals surface area contributed by atoms with Crippen molar-refractivity contribution in [2.45, 2.75) is 0 Å². The van der Waals surface area contributed by atoms with Gasteiger partial charge >= 0.3 is 0 Å². The molecule has 1 amide bonds. The van der Waals surface area contributed by atoms with Crippen molar-refractivity contribution >= 4 is 11.7 Å². The molecule has 0 bridgehead atoms. The molecule has 7 heteroatoms. The van der Waals surface area contributed by atoms with Crippen LogP contribution in [0.3, 0.4) is 0 Å². The van der Waals surface area contributed by atoms with Crippen LogP contribution in [0, 0.1) is 11.6 Å². The Balaban J connectivity index is 1.84. The molecule has 2 aromatic heterocycles. The predicted octanol–water partition coefficient (Wildman–Crippen LogP) is 3.00. The van der Waals surface area contributed by atoms with Crippen LogP contribution in [0.1, 0.15) is 10.4 Å². The molecule has 22 heavy (non-hydrogen) atoms. The zero-order valence-corrected chi connectivity index (χ0v) is 11.2. The second-order valence-electron chi connectivity index (χ2n) is 4.45. The molecular formula is C15H10F2N4O. The van der Waals surface area contributed by atoms with E-state index >= 15 is 0 Å². The second kappa shape index (κ2) is 5.72. The first kappa shape index (κ1) is 13.9. The number of amides is 1. The largest absolute Gasteiger partial charge is 0.305 e. The number of hydrogen-bond acceptors (Lipinski definition) is 3. The van der Waals surface area contributed by atoms with Crippen molar-refractivity contribution in [1.29, 1.82) is 0 Å². The Labute approximate surface area is 124 Å². The number of carbonyl (C=O) groups is 1. The van der Waals surface area contributed by atoms with Crippen LogP contribution in [0.2, 0.25) is 0 Å². The maximum atomic E-state index is 13.7. The van der Waals surface area contributed by atoms with Gasteiger partial charge in [-0.3, -0.25) is 14.9 Å². The fraction of sp³-hybridized carbons (Fsp3) is 0. The number of nitrogens with zero attached hydrogens (tertiary/aromatic N) is 2. The van der Waals surface area contributed by atoms with E-state index in [-0.39, 0.29) is 17.1 Å². The zero-order valence-electron chi connectivity index (χ0n) is 11.2. The number of aromatic nitrogens is 3. The van der Waals surface area contributed by atoms with Gasteiger partial charge in [0.05, 0.1) is 11.3 Å². The van der Waals surface area contributed by atoms with E-state index in [4.69, 9.17) is 0 Å². The first-order valence-corrected chi connectivity index (χ1v) is 6.36. The molecule has 0 aliphatic carbocycles. The molecule has 0 saturated heterocycles. The van der Waals surface area contributed by atoms with Gasteiger partial charge in [0.15, 0.2) is 5.82 Å². The van der Waals surface area contributed by atoms with Gasteiger partial charge in [0.25, 0.3) is 5.91 Å². The van der Waals surface area contributed by atoms with E-state index in [2.05, 4.69) is 20.5 Å². The van der Waals surface area contributed by atoms with Crippen LogP contribution in [-0.4, -0.2) is 21.1 Å². The Kier molecular flexibility index (Phi) is 3.61. The van der Waals surface area contributed by atoms with Gasteiger partial charge in [-0.1, -0.05) is 6.07 Å². The molecule has 3 aromatic rings. The summed E-state index contributed by atoms with van der Waals surface area (Å²) < 4.78 is 27.4. The summed E-state index contributed by atoms with van der Waals surface area (Å²) in [6.07, 6.45) is 2.97. The van der Waals surface area contributed by atoms with Crippen LogP contribution in [-0.2, 0) is 0 Å². The van der Waals surface area contributed by atoms with Crippen LogP contribution in [0.25, 0.3) is 11.3 Å². The van der Waals surface area contributed by atoms with Crippen molar-refractivity contribution < 1.29 is 13.6 Å². The van der Waals surface area contributed by atoms with E-state index in [9.17, 15) is 13.6 Å². The van der Waals surface area contributed by atoms with Crippen molar-refractivity contribution in [3.8, 4) is 11.3 Å². The summed E-state index contributed by atoms with van der Waals surface area (Å²) in [6.45, 7) is 0. The topological polar surface area (TPSA) is 70.7 Å². The molecule has 1 aromatic carbocycles. The van der Waals surface area contributed by atoms with Gasteiger partial charge in [0, 0.05) is 24.0 Å². The Hall–Kier alpha value is -3.09. The average molecular weight is 300 g/mol. The molecule has 0 aliphatic heterocycles. The van der Waals surface area contributed by atoms with Crippen molar-refractivity contribution in [3.05, 3.63) is 66.0 Å². The lowest BCUT2D eigenvalue weighted by Crippen LogP contribution is -2.11. The number of H-pyrrole nitrogens is 1. The van der Waals surface area contributed by atoms with E-state index in [1.54, 1.807) is 12.1 Å². The number of hydrogen-bond donors (Lipinski definition) is 2. The molecule has 0 fully saturated rings. The van der Waals surface area contributed by atoms with Gasteiger partial charge in [-0.05, 0) is 24.3 Å². The molecule has 0 atom stereocenters. The Bertz CT molecular complexity index is 797. The summed E-state index contributed by atoms with van der Waals surface area (Å²) in [5, 5.41) is 8.87. The molecule has 3 rings (SSSR count). The lowest BCUT2D eigenvalue weighted by Gasteiger charge is -2.01. The van der Waals surface area contributed by atoms with Crippen molar-refractivity contribution in [1.82, 2.24) is 15.2 Å². The molecule has 0 saturated carbocycles. The van der Waals surface area contributed by atoms with Gasteiger partial charge in [0.1, 0.15) is 11.6 Å². The number of aromatic amines is 1. The Morgan fingerprint density at radius 1 is 1.09 bits per heavy atom. The monoisotopic (exact) mass is 300 g/mol. The SMILES string of the molecule is O=C(Nc1cc(-c2c(F)cccc2F)[nH]n1)c1ccncc1. The highest BCUT2D eigenvalue weighted by atomic mass is 19.1. The number of halogens is 2. The fourth-order valence-electron chi connectivity index (χ4n) is 1.96. The summed E-state index contributed by atoms with van der Waals surface area (Å²) in [6, 6.07) is 8.01. The number of benzene rings is 1. The number of rotatable bonds is 3.